The Morgan fingerprint density at radius 2 is 1.92 bits per heavy atom. The quantitative estimate of drug-likeness (QED) is 0.821. The van der Waals surface area contributed by atoms with Gasteiger partial charge in [0, 0.05) is 5.02 Å². The van der Waals surface area contributed by atoms with Gasteiger partial charge in [-0.25, -0.2) is 13.2 Å². The van der Waals surface area contributed by atoms with E-state index in [9.17, 15) is 13.2 Å². The van der Waals surface area contributed by atoms with E-state index in [2.05, 4.69) is 4.72 Å². The minimum Gasteiger partial charge on any atom is -0.465 e. The summed E-state index contributed by atoms with van der Waals surface area (Å²) in [7, 11) is -2.57. The summed E-state index contributed by atoms with van der Waals surface area (Å²) in [6, 6.07) is 12.0. The van der Waals surface area contributed by atoms with Gasteiger partial charge in [0.25, 0.3) is 10.0 Å². The van der Waals surface area contributed by atoms with E-state index < -0.39 is 16.0 Å². The van der Waals surface area contributed by atoms with Crippen LogP contribution in [0.5, 0.6) is 0 Å². The van der Waals surface area contributed by atoms with E-state index in [1.807, 2.05) is 24.3 Å². The molecule has 1 aliphatic rings. The number of benzene rings is 2. The third-order valence-electron chi connectivity index (χ3n) is 3.99. The van der Waals surface area contributed by atoms with Gasteiger partial charge in [-0.1, -0.05) is 35.9 Å². The maximum Gasteiger partial charge on any atom is 0.340 e. The summed E-state index contributed by atoms with van der Waals surface area (Å²) in [6.07, 6.45) is 2.70. The minimum absolute atomic E-state index is 0.0652. The van der Waals surface area contributed by atoms with Crippen LogP contribution in [0.2, 0.25) is 5.02 Å². The van der Waals surface area contributed by atoms with Crippen LogP contribution >= 0.6 is 11.6 Å². The number of halogens is 1. The van der Waals surface area contributed by atoms with E-state index in [1.54, 1.807) is 6.08 Å². The molecule has 130 valence electrons. The Kier molecular flexibility index (Phi) is 4.83. The molecule has 0 amide bonds. The first-order valence-electron chi connectivity index (χ1n) is 7.60. The van der Waals surface area contributed by atoms with E-state index in [-0.39, 0.29) is 16.2 Å². The van der Waals surface area contributed by atoms with Crippen LogP contribution in [0.4, 0.5) is 5.69 Å². The predicted molar refractivity (Wildman–Crippen MR) is 98.1 cm³/mol. The van der Waals surface area contributed by atoms with E-state index in [0.29, 0.717) is 17.9 Å². The van der Waals surface area contributed by atoms with Gasteiger partial charge >= 0.3 is 5.97 Å². The Hall–Kier alpha value is -2.31. The zero-order valence-corrected chi connectivity index (χ0v) is 15.0. The maximum atomic E-state index is 12.7. The third-order valence-corrected chi connectivity index (χ3v) is 5.72. The highest BCUT2D eigenvalue weighted by molar-refractivity contribution is 7.96. The van der Waals surface area contributed by atoms with Crippen LogP contribution in [0.15, 0.2) is 47.4 Å². The van der Waals surface area contributed by atoms with E-state index >= 15 is 0 Å². The molecule has 3 rings (SSSR count). The molecule has 0 bridgehead atoms. The number of methoxy groups -OCH3 is 1. The van der Waals surface area contributed by atoms with Crippen molar-refractivity contribution in [1.82, 2.24) is 0 Å². The molecule has 2 aromatic carbocycles. The van der Waals surface area contributed by atoms with Crippen molar-refractivity contribution in [3.8, 4) is 0 Å². The fourth-order valence-electron chi connectivity index (χ4n) is 2.71. The average molecular weight is 378 g/mol. The first kappa shape index (κ1) is 17.5. The standard InChI is InChI=1S/C18H16ClNO4S/c1-24-18(21)16-11-14(19)7-9-17(16)20-25(22,23)15-8-6-12-4-2-3-5-13(12)10-15/h2-5,7,9-11,20H,6,8H2,1H3. The molecule has 0 spiro atoms. The molecule has 0 aromatic heterocycles. The lowest BCUT2D eigenvalue weighted by Crippen LogP contribution is -2.19. The molecular weight excluding hydrogens is 362 g/mol. The maximum absolute atomic E-state index is 12.7. The summed E-state index contributed by atoms with van der Waals surface area (Å²) >= 11 is 5.90. The van der Waals surface area contributed by atoms with E-state index in [1.165, 1.54) is 25.3 Å². The Labute approximate surface area is 151 Å². The number of carbonyl (C=O) groups excluding carboxylic acids is 1. The van der Waals surface area contributed by atoms with Crippen LogP contribution in [-0.4, -0.2) is 21.5 Å². The fraction of sp³-hybridized carbons (Fsp3) is 0.167. The number of hydrogen-bond donors (Lipinski definition) is 1. The molecule has 0 unspecified atom stereocenters. The van der Waals surface area contributed by atoms with Crippen molar-refractivity contribution in [3.05, 3.63) is 69.1 Å². The SMILES string of the molecule is COC(=O)c1cc(Cl)ccc1NS(=O)(=O)C1=Cc2ccccc2CC1. The van der Waals surface area contributed by atoms with Gasteiger partial charge in [0.15, 0.2) is 0 Å². The molecule has 1 N–H and O–H groups in total. The van der Waals surface area contributed by atoms with Crippen LogP contribution in [-0.2, 0) is 21.2 Å². The molecule has 0 radical (unpaired) electrons. The number of hydrogen-bond acceptors (Lipinski definition) is 4. The Balaban J connectivity index is 1.96. The van der Waals surface area contributed by atoms with Crippen molar-refractivity contribution < 1.29 is 17.9 Å². The highest BCUT2D eigenvalue weighted by Gasteiger charge is 2.24. The van der Waals surface area contributed by atoms with E-state index in [0.717, 1.165) is 11.1 Å². The van der Waals surface area contributed by atoms with Gasteiger partial charge in [0.1, 0.15) is 0 Å². The lowest BCUT2D eigenvalue weighted by atomic mass is 9.98. The van der Waals surface area contributed by atoms with Crippen LogP contribution < -0.4 is 4.72 Å². The first-order valence-corrected chi connectivity index (χ1v) is 9.46. The number of esters is 1. The van der Waals surface area contributed by atoms with Gasteiger partial charge in [-0.2, -0.15) is 0 Å². The number of ether oxygens (including phenoxy) is 1. The number of allylic oxidation sites excluding steroid dienone is 1. The summed E-state index contributed by atoms with van der Waals surface area (Å²) in [5.74, 6) is -0.664. The molecular formula is C18H16ClNO4S. The molecule has 0 atom stereocenters. The number of fused-ring (bicyclic) bond motifs is 1. The van der Waals surface area contributed by atoms with Gasteiger partial charge in [-0.3, -0.25) is 4.72 Å². The van der Waals surface area contributed by atoms with Gasteiger partial charge in [0.2, 0.25) is 0 Å². The summed E-state index contributed by atoms with van der Waals surface area (Å²) in [5.41, 5.74) is 2.20. The topological polar surface area (TPSA) is 72.5 Å². The number of anilines is 1. The largest absolute Gasteiger partial charge is 0.465 e. The molecule has 2 aromatic rings. The second-order valence-corrected chi connectivity index (χ2v) is 7.77. The summed E-state index contributed by atoms with van der Waals surface area (Å²) in [6.45, 7) is 0. The molecule has 0 saturated heterocycles. The van der Waals surface area contributed by atoms with Gasteiger partial charge in [0.05, 0.1) is 23.3 Å². The second kappa shape index (κ2) is 6.90. The predicted octanol–water partition coefficient (Wildman–Crippen LogP) is 3.86. The van der Waals surface area contributed by atoms with Gasteiger partial charge in [-0.05, 0) is 48.2 Å². The van der Waals surface area contributed by atoms with Crippen LogP contribution in [0, 0.1) is 0 Å². The summed E-state index contributed by atoms with van der Waals surface area (Å²) < 4.78 is 32.7. The number of sulfonamides is 1. The first-order chi connectivity index (χ1) is 11.9. The van der Waals surface area contributed by atoms with Gasteiger partial charge in [-0.15, -0.1) is 0 Å². The molecule has 7 heteroatoms. The molecule has 25 heavy (non-hydrogen) atoms. The lowest BCUT2D eigenvalue weighted by Gasteiger charge is -2.18. The van der Waals surface area contributed by atoms with Gasteiger partial charge < -0.3 is 4.74 Å². The average Bonchev–Trinajstić information content (AvgIpc) is 2.62. The highest BCUT2D eigenvalue weighted by Crippen LogP contribution is 2.29. The van der Waals surface area contributed by atoms with Crippen molar-refractivity contribution in [2.75, 3.05) is 11.8 Å². The molecule has 0 fully saturated rings. The van der Waals surface area contributed by atoms with Crippen molar-refractivity contribution in [2.24, 2.45) is 0 Å². The molecule has 0 saturated carbocycles. The zero-order valence-electron chi connectivity index (χ0n) is 13.5. The van der Waals surface area contributed by atoms with Crippen LogP contribution in [0.1, 0.15) is 27.9 Å². The Bertz CT molecular complexity index is 967. The molecule has 0 heterocycles. The van der Waals surface area contributed by atoms with Crippen molar-refractivity contribution in [2.45, 2.75) is 12.8 Å². The monoisotopic (exact) mass is 377 g/mol. The third kappa shape index (κ3) is 3.70. The minimum atomic E-state index is -3.80. The molecule has 0 aliphatic heterocycles. The number of rotatable bonds is 4. The van der Waals surface area contributed by atoms with Crippen molar-refractivity contribution >= 4 is 39.4 Å². The number of nitrogens with one attached hydrogen (secondary N) is 1. The number of carbonyl (C=O) groups is 1. The molecule has 5 nitrogen and oxygen atoms in total. The lowest BCUT2D eigenvalue weighted by molar-refractivity contribution is 0.0602. The van der Waals surface area contributed by atoms with Crippen LogP contribution in [0.25, 0.3) is 6.08 Å². The normalized spacial score (nSPS) is 13.6. The Morgan fingerprint density at radius 1 is 1.16 bits per heavy atom. The smallest absolute Gasteiger partial charge is 0.340 e. The summed E-state index contributed by atoms with van der Waals surface area (Å²) in [4.78, 5) is 12.2. The fourth-order valence-corrected chi connectivity index (χ4v) is 4.14. The Morgan fingerprint density at radius 3 is 2.68 bits per heavy atom. The molecule has 1 aliphatic carbocycles. The highest BCUT2D eigenvalue weighted by atomic mass is 35.5. The van der Waals surface area contributed by atoms with E-state index in [4.69, 9.17) is 16.3 Å². The summed E-state index contributed by atoms with van der Waals surface area (Å²) in [5, 5.41) is 0.314. The van der Waals surface area contributed by atoms with Crippen molar-refractivity contribution in [3.63, 3.8) is 0 Å². The number of aryl methyl sites for hydroxylation is 1. The van der Waals surface area contributed by atoms with Crippen molar-refractivity contribution in [1.29, 1.82) is 0 Å². The zero-order chi connectivity index (χ0) is 18.0. The second-order valence-electron chi connectivity index (χ2n) is 5.60. The van der Waals surface area contributed by atoms with Crippen LogP contribution in [0.3, 0.4) is 0 Å².